The van der Waals surface area contributed by atoms with E-state index >= 15 is 0 Å². The number of nitrogens with one attached hydrogen (secondary N) is 2. The number of rotatable bonds is 10. The van der Waals surface area contributed by atoms with E-state index in [9.17, 15) is 19.2 Å². The van der Waals surface area contributed by atoms with Crippen molar-refractivity contribution in [2.75, 3.05) is 18.9 Å². The lowest BCUT2D eigenvalue weighted by Crippen LogP contribution is -2.37. The second-order valence-corrected chi connectivity index (χ2v) is 6.67. The number of H-pyrrole nitrogens is 1. The number of hydrogen-bond donors (Lipinski definition) is 2. The highest BCUT2D eigenvalue weighted by atomic mass is 32.2. The number of aromatic amines is 1. The van der Waals surface area contributed by atoms with Crippen molar-refractivity contribution in [3.05, 3.63) is 50.6 Å². The molecule has 0 spiro atoms. The van der Waals surface area contributed by atoms with Gasteiger partial charge in [-0.2, -0.15) is 0 Å². The monoisotopic (exact) mass is 423 g/mol. The van der Waals surface area contributed by atoms with Gasteiger partial charge >= 0.3 is 11.7 Å². The fourth-order valence-electron chi connectivity index (χ4n) is 2.30. The first kappa shape index (κ1) is 22.1. The van der Waals surface area contributed by atoms with Crippen molar-refractivity contribution in [1.82, 2.24) is 25.1 Å². The molecule has 2 heterocycles. The number of thioether (sulfide) groups is 1. The summed E-state index contributed by atoms with van der Waals surface area (Å²) in [7, 11) is 0. The standard InChI is InChI=1S/C17H21N5O6S/c1-4-6-22-15(25)11(10(3)19-16(22)26)7-13-20-21-17(28-13)29-9-12(23)18-8-14(24)27-5-2/h4H,1,5-9H2,2-3H3,(H,18,23)(H,19,26). The van der Waals surface area contributed by atoms with Gasteiger partial charge in [0.1, 0.15) is 6.54 Å². The molecule has 2 aromatic heterocycles. The lowest BCUT2D eigenvalue weighted by Gasteiger charge is -2.06. The van der Waals surface area contributed by atoms with Crippen molar-refractivity contribution in [3.63, 3.8) is 0 Å². The van der Waals surface area contributed by atoms with Crippen LogP contribution in [0.2, 0.25) is 0 Å². The van der Waals surface area contributed by atoms with Crippen LogP contribution in [0.25, 0.3) is 0 Å². The van der Waals surface area contributed by atoms with Gasteiger partial charge in [0.15, 0.2) is 0 Å². The number of aromatic nitrogens is 4. The van der Waals surface area contributed by atoms with Gasteiger partial charge in [-0.25, -0.2) is 4.79 Å². The summed E-state index contributed by atoms with van der Waals surface area (Å²) in [6.07, 6.45) is 1.48. The van der Waals surface area contributed by atoms with E-state index < -0.39 is 23.1 Å². The highest BCUT2D eigenvalue weighted by molar-refractivity contribution is 7.99. The minimum Gasteiger partial charge on any atom is -0.465 e. The van der Waals surface area contributed by atoms with Crippen molar-refractivity contribution in [3.8, 4) is 0 Å². The first-order valence-corrected chi connectivity index (χ1v) is 9.65. The van der Waals surface area contributed by atoms with Crippen LogP contribution >= 0.6 is 11.8 Å². The fraction of sp³-hybridized carbons (Fsp3) is 0.412. The van der Waals surface area contributed by atoms with Crippen molar-refractivity contribution >= 4 is 23.6 Å². The molecule has 0 aliphatic heterocycles. The van der Waals surface area contributed by atoms with E-state index in [1.54, 1.807) is 13.8 Å². The van der Waals surface area contributed by atoms with Crippen molar-refractivity contribution in [1.29, 1.82) is 0 Å². The Morgan fingerprint density at radius 1 is 1.38 bits per heavy atom. The first-order valence-electron chi connectivity index (χ1n) is 8.66. The number of carbonyl (C=O) groups excluding carboxylic acids is 2. The molecule has 0 aromatic carbocycles. The molecule has 0 bridgehead atoms. The van der Waals surface area contributed by atoms with Crippen LogP contribution in [-0.4, -0.2) is 50.5 Å². The van der Waals surface area contributed by atoms with Crippen LogP contribution in [0, 0.1) is 6.92 Å². The van der Waals surface area contributed by atoms with Gasteiger partial charge in [0.05, 0.1) is 18.8 Å². The predicted molar refractivity (Wildman–Crippen MR) is 104 cm³/mol. The number of nitrogens with zero attached hydrogens (tertiary/aromatic N) is 3. The third kappa shape index (κ3) is 6.17. The van der Waals surface area contributed by atoms with Gasteiger partial charge in [0, 0.05) is 17.8 Å². The Bertz CT molecular complexity index is 1010. The number of ether oxygens (including phenoxy) is 1. The van der Waals surface area contributed by atoms with E-state index in [2.05, 4.69) is 27.1 Å². The average molecular weight is 423 g/mol. The maximum absolute atomic E-state index is 12.5. The molecule has 0 saturated carbocycles. The van der Waals surface area contributed by atoms with Gasteiger partial charge in [-0.1, -0.05) is 17.8 Å². The second-order valence-electron chi connectivity index (χ2n) is 5.75. The SMILES string of the molecule is C=CCn1c(=O)[nH]c(C)c(Cc2nnc(SCC(=O)NCC(=O)OCC)o2)c1=O. The third-order valence-electron chi connectivity index (χ3n) is 3.65. The molecule has 0 atom stereocenters. The highest BCUT2D eigenvalue weighted by Crippen LogP contribution is 2.17. The Morgan fingerprint density at radius 3 is 2.83 bits per heavy atom. The topological polar surface area (TPSA) is 149 Å². The number of amides is 1. The molecule has 0 aliphatic carbocycles. The Morgan fingerprint density at radius 2 is 2.14 bits per heavy atom. The molecule has 2 rings (SSSR count). The summed E-state index contributed by atoms with van der Waals surface area (Å²) in [6.45, 7) is 6.91. The largest absolute Gasteiger partial charge is 0.465 e. The van der Waals surface area contributed by atoms with E-state index in [1.807, 2.05) is 0 Å². The lowest BCUT2D eigenvalue weighted by atomic mass is 10.1. The quantitative estimate of drug-likeness (QED) is 0.300. The summed E-state index contributed by atoms with van der Waals surface area (Å²) in [5.41, 5.74) is -0.256. The van der Waals surface area contributed by atoms with Crippen LogP contribution in [-0.2, 0) is 27.3 Å². The predicted octanol–water partition coefficient (Wildman–Crippen LogP) is -0.224. The van der Waals surface area contributed by atoms with E-state index in [0.29, 0.717) is 11.3 Å². The Labute approximate surface area is 169 Å². The molecule has 156 valence electrons. The molecule has 0 saturated heterocycles. The molecule has 1 amide bonds. The summed E-state index contributed by atoms with van der Waals surface area (Å²) in [5, 5.41) is 10.2. The second kappa shape index (κ2) is 10.4. The molecule has 11 nitrogen and oxygen atoms in total. The van der Waals surface area contributed by atoms with Crippen LogP contribution in [0.4, 0.5) is 0 Å². The minimum absolute atomic E-state index is 0.0290. The molecule has 0 unspecified atom stereocenters. The van der Waals surface area contributed by atoms with Crippen LogP contribution in [0.15, 0.2) is 31.9 Å². The van der Waals surface area contributed by atoms with Gasteiger partial charge in [-0.3, -0.25) is 19.0 Å². The van der Waals surface area contributed by atoms with Gasteiger partial charge < -0.3 is 19.5 Å². The Balaban J connectivity index is 1.99. The lowest BCUT2D eigenvalue weighted by molar-refractivity contribution is -0.143. The number of carbonyl (C=O) groups is 2. The molecule has 0 radical (unpaired) electrons. The maximum Gasteiger partial charge on any atom is 0.328 e. The van der Waals surface area contributed by atoms with Crippen molar-refractivity contribution in [2.24, 2.45) is 0 Å². The van der Waals surface area contributed by atoms with E-state index in [-0.39, 0.29) is 43.0 Å². The van der Waals surface area contributed by atoms with E-state index in [0.717, 1.165) is 16.3 Å². The molecule has 0 fully saturated rings. The molecular formula is C17H21N5O6S. The molecule has 29 heavy (non-hydrogen) atoms. The zero-order chi connectivity index (χ0) is 21.4. The molecule has 12 heteroatoms. The summed E-state index contributed by atoms with van der Waals surface area (Å²) in [5.74, 6) is -0.794. The van der Waals surface area contributed by atoms with Crippen LogP contribution in [0.5, 0.6) is 0 Å². The summed E-state index contributed by atoms with van der Waals surface area (Å²) in [6, 6.07) is 0. The smallest absolute Gasteiger partial charge is 0.328 e. The fourth-order valence-corrected chi connectivity index (χ4v) is 2.91. The normalized spacial score (nSPS) is 10.6. The number of aryl methyl sites for hydroxylation is 1. The Hall–Kier alpha value is -3.15. The number of hydrogen-bond acceptors (Lipinski definition) is 9. The van der Waals surface area contributed by atoms with Crippen molar-refractivity contribution in [2.45, 2.75) is 32.0 Å². The van der Waals surface area contributed by atoms with E-state index in [1.165, 1.54) is 6.08 Å². The highest BCUT2D eigenvalue weighted by Gasteiger charge is 2.16. The maximum atomic E-state index is 12.5. The molecular weight excluding hydrogens is 402 g/mol. The minimum atomic E-state index is -0.524. The summed E-state index contributed by atoms with van der Waals surface area (Å²) < 4.78 is 11.2. The molecule has 2 N–H and O–H groups in total. The van der Waals surface area contributed by atoms with Crippen LogP contribution in [0.3, 0.4) is 0 Å². The van der Waals surface area contributed by atoms with Gasteiger partial charge in [0.25, 0.3) is 10.8 Å². The van der Waals surface area contributed by atoms with Crippen LogP contribution < -0.4 is 16.6 Å². The Kier molecular flexibility index (Phi) is 7.95. The third-order valence-corrected chi connectivity index (χ3v) is 4.46. The van der Waals surface area contributed by atoms with Crippen LogP contribution in [0.1, 0.15) is 24.1 Å². The summed E-state index contributed by atoms with van der Waals surface area (Å²) in [4.78, 5) is 49.9. The first-order chi connectivity index (χ1) is 13.8. The molecule has 2 aromatic rings. The zero-order valence-electron chi connectivity index (χ0n) is 16.0. The van der Waals surface area contributed by atoms with Gasteiger partial charge in [-0.15, -0.1) is 16.8 Å². The summed E-state index contributed by atoms with van der Waals surface area (Å²) >= 11 is 0.988. The van der Waals surface area contributed by atoms with Gasteiger partial charge in [-0.05, 0) is 13.8 Å². The van der Waals surface area contributed by atoms with E-state index in [4.69, 9.17) is 9.15 Å². The zero-order valence-corrected chi connectivity index (χ0v) is 16.8. The average Bonchev–Trinajstić information content (AvgIpc) is 3.13. The molecule has 0 aliphatic rings. The van der Waals surface area contributed by atoms with Gasteiger partial charge in [0.2, 0.25) is 11.8 Å². The number of esters is 1. The number of allylic oxidation sites excluding steroid dienone is 1. The van der Waals surface area contributed by atoms with Crippen molar-refractivity contribution < 1.29 is 18.7 Å².